The zero-order valence-corrected chi connectivity index (χ0v) is 19.8. The molecule has 3 rings (SSSR count). The molecule has 7 nitrogen and oxygen atoms in total. The lowest BCUT2D eigenvalue weighted by atomic mass is 10.0. The Hall–Kier alpha value is -2.93. The molecule has 0 bridgehead atoms. The molecule has 14 heteroatoms. The van der Waals surface area contributed by atoms with Gasteiger partial charge in [-0.15, -0.1) is 0 Å². The van der Waals surface area contributed by atoms with Crippen LogP contribution in [0.15, 0.2) is 53.6 Å². The summed E-state index contributed by atoms with van der Waals surface area (Å²) in [6, 6.07) is 5.94. The summed E-state index contributed by atoms with van der Waals surface area (Å²) in [6.45, 7) is -0.794. The number of alkyl halides is 3. The molecule has 0 saturated carbocycles. The number of sulfonamides is 1. The fraction of sp³-hybridized carbons (Fsp3) is 0.143. The van der Waals surface area contributed by atoms with E-state index >= 15 is 0 Å². The Morgan fingerprint density at radius 2 is 1.86 bits per heavy atom. The number of ketones is 1. The van der Waals surface area contributed by atoms with Crippen molar-refractivity contribution < 1.29 is 40.6 Å². The zero-order chi connectivity index (χ0) is 26.1. The first-order valence-corrected chi connectivity index (χ1v) is 11.5. The van der Waals surface area contributed by atoms with Gasteiger partial charge in [0.1, 0.15) is 29.6 Å². The largest absolute Gasteiger partial charge is 0.507 e. The van der Waals surface area contributed by atoms with Crippen LogP contribution in [0.1, 0.15) is 21.6 Å². The first-order valence-electron chi connectivity index (χ1n) is 9.35. The fourth-order valence-electron chi connectivity index (χ4n) is 3.04. The highest BCUT2D eigenvalue weighted by Gasteiger charge is 2.37. The predicted octanol–water partition coefficient (Wildman–Crippen LogP) is 5.28. The number of pyridine rings is 1. The molecule has 0 spiro atoms. The maximum atomic E-state index is 14.3. The Kier molecular flexibility index (Phi) is 7.60. The Bertz CT molecular complexity index is 1380. The molecule has 0 radical (unpaired) electrons. The number of phenolic OH excluding ortho intramolecular Hbond substituents is 1. The molecule has 0 aliphatic heterocycles. The van der Waals surface area contributed by atoms with Gasteiger partial charge in [-0.2, -0.15) is 13.2 Å². The second-order valence-electron chi connectivity index (χ2n) is 6.90. The predicted molar refractivity (Wildman–Crippen MR) is 119 cm³/mol. The van der Waals surface area contributed by atoms with Crippen molar-refractivity contribution in [1.29, 1.82) is 0 Å². The Balaban J connectivity index is 2.24. The lowest BCUT2D eigenvalue weighted by molar-refractivity contribution is -0.137. The van der Waals surface area contributed by atoms with Gasteiger partial charge in [-0.1, -0.05) is 29.3 Å². The lowest BCUT2D eigenvalue weighted by Gasteiger charge is -2.25. The molecule has 0 fully saturated rings. The minimum atomic E-state index is -4.96. The van der Waals surface area contributed by atoms with Crippen molar-refractivity contribution in [2.75, 3.05) is 18.1 Å². The summed E-state index contributed by atoms with van der Waals surface area (Å²) in [6.07, 6.45) is -3.99. The highest BCUT2D eigenvalue weighted by Crippen LogP contribution is 2.38. The highest BCUT2D eigenvalue weighted by molar-refractivity contribution is 7.92. The third-order valence-corrected chi connectivity index (χ3v) is 6.88. The van der Waals surface area contributed by atoms with Crippen LogP contribution in [0.4, 0.5) is 23.2 Å². The maximum absolute atomic E-state index is 14.3. The summed E-state index contributed by atoms with van der Waals surface area (Å²) in [5.41, 5.74) is -3.41. The average molecular weight is 553 g/mol. The van der Waals surface area contributed by atoms with Crippen LogP contribution in [0.2, 0.25) is 10.0 Å². The second-order valence-corrected chi connectivity index (χ2v) is 9.60. The highest BCUT2D eigenvalue weighted by atomic mass is 35.5. The Morgan fingerprint density at radius 3 is 2.46 bits per heavy atom. The van der Waals surface area contributed by atoms with E-state index in [1.807, 2.05) is 0 Å². The number of aromatic nitrogens is 1. The van der Waals surface area contributed by atoms with Gasteiger partial charge < -0.3 is 9.84 Å². The quantitative estimate of drug-likeness (QED) is 0.243. The second kappa shape index (κ2) is 9.97. The molecule has 0 aliphatic rings. The fourth-order valence-corrected chi connectivity index (χ4v) is 4.82. The van der Waals surface area contributed by atoms with Crippen LogP contribution in [0, 0.1) is 5.82 Å². The van der Waals surface area contributed by atoms with Gasteiger partial charge in [0.25, 0.3) is 10.0 Å². The topological polar surface area (TPSA) is 96.8 Å². The van der Waals surface area contributed by atoms with Crippen molar-refractivity contribution in [2.45, 2.75) is 11.1 Å². The number of hydrogen-bond donors (Lipinski definition) is 1. The average Bonchev–Trinajstić information content (AvgIpc) is 2.76. The number of methoxy groups -OCH3 is 1. The Morgan fingerprint density at radius 1 is 1.17 bits per heavy atom. The molecule has 1 N–H and O–H groups in total. The normalized spacial score (nSPS) is 12.0. The molecule has 0 unspecified atom stereocenters. The van der Waals surface area contributed by atoms with Gasteiger partial charge in [-0.3, -0.25) is 4.79 Å². The minimum absolute atomic E-state index is 0.155. The van der Waals surface area contributed by atoms with E-state index in [1.165, 1.54) is 0 Å². The number of aromatic hydroxyl groups is 1. The SMILES string of the molecule is COCN(c1cc(Cl)cnc1C(=O)c1c(O)cccc1F)S(=O)(=O)c1ccc(Cl)c(C(F)(F)F)c1. The summed E-state index contributed by atoms with van der Waals surface area (Å²) in [7, 11) is -3.76. The van der Waals surface area contributed by atoms with E-state index in [9.17, 15) is 35.9 Å². The molecule has 0 saturated heterocycles. The van der Waals surface area contributed by atoms with Crippen molar-refractivity contribution in [2.24, 2.45) is 0 Å². The van der Waals surface area contributed by atoms with E-state index in [0.29, 0.717) is 10.4 Å². The number of halogens is 6. The number of phenols is 1. The third kappa shape index (κ3) is 5.35. The van der Waals surface area contributed by atoms with E-state index in [2.05, 4.69) is 4.98 Å². The maximum Gasteiger partial charge on any atom is 0.417 e. The lowest BCUT2D eigenvalue weighted by Crippen LogP contribution is -2.34. The molecule has 0 atom stereocenters. The van der Waals surface area contributed by atoms with Gasteiger partial charge in [-0.25, -0.2) is 22.1 Å². The molecule has 1 aromatic heterocycles. The molecule has 0 aliphatic carbocycles. The number of benzene rings is 2. The third-order valence-electron chi connectivity index (χ3n) is 4.61. The zero-order valence-electron chi connectivity index (χ0n) is 17.5. The summed E-state index contributed by atoms with van der Waals surface area (Å²) in [5, 5.41) is 9.10. The Labute approximate surface area is 206 Å². The van der Waals surface area contributed by atoms with Crippen LogP contribution in [-0.4, -0.2) is 38.1 Å². The van der Waals surface area contributed by atoms with E-state index in [-0.39, 0.29) is 5.02 Å². The van der Waals surface area contributed by atoms with Crippen LogP contribution in [0.3, 0.4) is 0 Å². The van der Waals surface area contributed by atoms with Gasteiger partial charge in [0, 0.05) is 13.3 Å². The van der Waals surface area contributed by atoms with Crippen LogP contribution >= 0.6 is 23.2 Å². The summed E-state index contributed by atoms with van der Waals surface area (Å²) in [5.74, 6) is -3.08. The van der Waals surface area contributed by atoms with Crippen molar-refractivity contribution >= 4 is 44.7 Å². The molecule has 2 aromatic carbocycles. The van der Waals surface area contributed by atoms with Crippen molar-refractivity contribution in [3.63, 3.8) is 0 Å². The number of carbonyl (C=O) groups is 1. The van der Waals surface area contributed by atoms with Gasteiger partial charge in [0.05, 0.1) is 26.2 Å². The molecule has 0 amide bonds. The number of ether oxygens (including phenoxy) is 1. The monoisotopic (exact) mass is 552 g/mol. The molecule has 1 heterocycles. The molecular formula is C21H14Cl2F4N2O5S. The van der Waals surface area contributed by atoms with Gasteiger partial charge in [0.2, 0.25) is 5.78 Å². The van der Waals surface area contributed by atoms with E-state index in [1.54, 1.807) is 0 Å². The smallest absolute Gasteiger partial charge is 0.417 e. The summed E-state index contributed by atoms with van der Waals surface area (Å²) < 4.78 is 86.4. The number of anilines is 1. The first-order chi connectivity index (χ1) is 16.3. The summed E-state index contributed by atoms with van der Waals surface area (Å²) in [4.78, 5) is 16.0. The number of hydrogen-bond acceptors (Lipinski definition) is 6. The molecule has 35 heavy (non-hydrogen) atoms. The number of rotatable bonds is 7. The minimum Gasteiger partial charge on any atom is -0.507 e. The first kappa shape index (κ1) is 26.7. The standard InChI is InChI=1S/C21H14Cl2F4N2O5S/c1-34-10-29(35(32,33)12-5-6-14(23)13(8-12)21(25,26)27)16-7-11(22)9-28-19(16)20(31)18-15(24)3-2-4-17(18)30/h2-9,30H,10H2,1H3. The van der Waals surface area contributed by atoms with Gasteiger partial charge in [0.15, 0.2) is 0 Å². The molecule has 186 valence electrons. The van der Waals surface area contributed by atoms with Gasteiger partial charge in [-0.05, 0) is 36.4 Å². The number of carbonyl (C=O) groups excluding carboxylic acids is 1. The summed E-state index contributed by atoms with van der Waals surface area (Å²) >= 11 is 11.5. The van der Waals surface area contributed by atoms with Crippen LogP contribution in [0.25, 0.3) is 0 Å². The van der Waals surface area contributed by atoms with E-state index in [0.717, 1.165) is 49.7 Å². The number of nitrogens with zero attached hydrogens (tertiary/aromatic N) is 2. The molecular weight excluding hydrogens is 539 g/mol. The molecule has 3 aromatic rings. The van der Waals surface area contributed by atoms with E-state index in [4.69, 9.17) is 27.9 Å². The van der Waals surface area contributed by atoms with Crippen LogP contribution in [-0.2, 0) is 20.9 Å². The van der Waals surface area contributed by atoms with Crippen molar-refractivity contribution in [3.8, 4) is 5.75 Å². The van der Waals surface area contributed by atoms with Gasteiger partial charge >= 0.3 is 6.18 Å². The van der Waals surface area contributed by atoms with Crippen LogP contribution < -0.4 is 4.31 Å². The van der Waals surface area contributed by atoms with E-state index < -0.39 is 72.7 Å². The van der Waals surface area contributed by atoms with Crippen LogP contribution in [0.5, 0.6) is 5.75 Å². The van der Waals surface area contributed by atoms with Crippen molar-refractivity contribution in [1.82, 2.24) is 4.98 Å². The van der Waals surface area contributed by atoms with Crippen molar-refractivity contribution in [3.05, 3.63) is 81.3 Å².